The molecule has 0 heterocycles. The summed E-state index contributed by atoms with van der Waals surface area (Å²) in [4.78, 5) is 0. The molecule has 0 saturated carbocycles. The Morgan fingerprint density at radius 3 is 1.89 bits per heavy atom. The minimum absolute atomic E-state index is 0. The molecule has 2 rings (SSSR count). The molecule has 2 aromatic rings. The molecule has 0 saturated heterocycles. The first-order chi connectivity index (χ1) is 8.38. The van der Waals surface area contributed by atoms with Crippen LogP contribution < -0.4 is 0 Å². The zero-order chi connectivity index (χ0) is 12.3. The first kappa shape index (κ1) is 16.7. The van der Waals surface area contributed by atoms with Crippen LogP contribution in [0.15, 0.2) is 78.9 Å². The maximum atomic E-state index is 2.20. The first-order valence-electron chi connectivity index (χ1n) is 6.02. The first-order valence-corrected chi connectivity index (χ1v) is 6.02. The third-order valence-electron chi connectivity index (χ3n) is 2.43. The fraction of sp³-hybridized carbons (Fsp3) is 0.176. The summed E-state index contributed by atoms with van der Waals surface area (Å²) >= 11 is 0. The predicted molar refractivity (Wildman–Crippen MR) is 76.4 cm³/mol. The van der Waals surface area contributed by atoms with Crippen molar-refractivity contribution in [3.8, 4) is 0 Å². The van der Waals surface area contributed by atoms with Gasteiger partial charge in [0.15, 0.2) is 0 Å². The van der Waals surface area contributed by atoms with Crippen molar-refractivity contribution in [3.05, 3.63) is 84.5 Å². The maximum Gasteiger partial charge on any atom is 2.00 e. The van der Waals surface area contributed by atoms with Gasteiger partial charge in [0.1, 0.15) is 0 Å². The van der Waals surface area contributed by atoms with Crippen LogP contribution >= 0.6 is 0 Å². The van der Waals surface area contributed by atoms with Crippen molar-refractivity contribution in [3.63, 3.8) is 0 Å². The molecule has 0 radical (unpaired) electrons. The molecule has 0 spiro atoms. The van der Waals surface area contributed by atoms with Gasteiger partial charge < -0.3 is 0 Å². The van der Waals surface area contributed by atoms with Gasteiger partial charge in [0.2, 0.25) is 0 Å². The van der Waals surface area contributed by atoms with Crippen molar-refractivity contribution in [1.29, 1.82) is 0 Å². The zero-order valence-corrected chi connectivity index (χ0v) is 12.0. The van der Waals surface area contributed by atoms with Gasteiger partial charge in [-0.15, -0.1) is 0 Å². The normalized spacial score (nSPS) is 11.9. The molecule has 0 nitrogen and oxygen atoms in total. The Hall–Kier alpha value is -1.30. The topological polar surface area (TPSA) is 0 Å². The molecular weight excluding hydrogens is 260 g/mol. The molecule has 96 valence electrons. The van der Waals surface area contributed by atoms with E-state index in [0.29, 0.717) is 5.92 Å². The van der Waals surface area contributed by atoms with Gasteiger partial charge in [-0.3, -0.25) is 0 Å². The summed E-state index contributed by atoms with van der Waals surface area (Å²) in [5, 5.41) is 0. The average Bonchev–Trinajstić information content (AvgIpc) is 3.05. The van der Waals surface area contributed by atoms with Crippen molar-refractivity contribution in [1.82, 2.24) is 0 Å². The van der Waals surface area contributed by atoms with Crippen LogP contribution in [0.2, 0.25) is 0 Å². The second-order valence-corrected chi connectivity index (χ2v) is 3.76. The molecule has 0 amide bonds. The molecule has 0 N–H and O–H groups in total. The van der Waals surface area contributed by atoms with Crippen LogP contribution in [0.4, 0.5) is 0 Å². The van der Waals surface area contributed by atoms with E-state index in [-0.39, 0.29) is 17.1 Å². The Morgan fingerprint density at radius 1 is 0.944 bits per heavy atom. The molecule has 0 atom stereocenters. The van der Waals surface area contributed by atoms with Crippen LogP contribution in [-0.2, 0) is 17.1 Å². The Kier molecular flexibility index (Phi) is 10.0. The summed E-state index contributed by atoms with van der Waals surface area (Å²) < 4.78 is 0. The predicted octanol–water partition coefficient (Wildman–Crippen LogP) is 5.04. The minimum Gasteiger partial charge on any atom is -0.214 e. The Balaban J connectivity index is 0.000000405. The van der Waals surface area contributed by atoms with Crippen molar-refractivity contribution >= 4 is 0 Å². The molecule has 18 heavy (non-hydrogen) atoms. The SMILES string of the molecule is CC=CC(C=CC)c1ccc[cH-]1.[Fe+2].c1cc[cH-]c1. The maximum absolute atomic E-state index is 2.20. The van der Waals surface area contributed by atoms with E-state index in [0.717, 1.165) is 0 Å². The summed E-state index contributed by atoms with van der Waals surface area (Å²) in [7, 11) is 0. The summed E-state index contributed by atoms with van der Waals surface area (Å²) in [6, 6.07) is 18.5. The van der Waals surface area contributed by atoms with Crippen molar-refractivity contribution in [2.24, 2.45) is 0 Å². The zero-order valence-electron chi connectivity index (χ0n) is 10.9. The van der Waals surface area contributed by atoms with Crippen LogP contribution in [0.1, 0.15) is 25.3 Å². The van der Waals surface area contributed by atoms with Crippen molar-refractivity contribution in [2.75, 3.05) is 0 Å². The largest absolute Gasteiger partial charge is 2.00 e. The molecule has 0 aliphatic rings. The average molecular weight is 280 g/mol. The molecule has 0 bridgehead atoms. The molecule has 0 aromatic heterocycles. The minimum atomic E-state index is 0. The quantitative estimate of drug-likeness (QED) is 0.419. The standard InChI is InChI=1S/C12H15.C5H5.Fe/c1-3-7-11(8-4-2)12-9-5-6-10-12;1-2-4-5-3-1;/h3-11H,1-2H3;1-5H;/q2*-1;+2. The van der Waals surface area contributed by atoms with Gasteiger partial charge in [-0.05, 0) is 19.8 Å². The molecule has 0 unspecified atom stereocenters. The van der Waals surface area contributed by atoms with Gasteiger partial charge in [0.05, 0.1) is 0 Å². The van der Waals surface area contributed by atoms with Crippen LogP contribution in [0, 0.1) is 0 Å². The van der Waals surface area contributed by atoms with Gasteiger partial charge in [-0.25, -0.2) is 24.3 Å². The number of allylic oxidation sites excluding steroid dienone is 4. The van der Waals surface area contributed by atoms with Crippen LogP contribution in [0.25, 0.3) is 0 Å². The van der Waals surface area contributed by atoms with E-state index in [2.05, 4.69) is 62.4 Å². The van der Waals surface area contributed by atoms with E-state index >= 15 is 0 Å². The fourth-order valence-electron chi connectivity index (χ4n) is 1.63. The van der Waals surface area contributed by atoms with E-state index in [4.69, 9.17) is 0 Å². The smallest absolute Gasteiger partial charge is 0.214 e. The van der Waals surface area contributed by atoms with Crippen LogP contribution in [-0.4, -0.2) is 0 Å². The molecule has 1 heteroatoms. The molecule has 0 aliphatic heterocycles. The van der Waals surface area contributed by atoms with Crippen LogP contribution in [0.3, 0.4) is 0 Å². The molecule has 0 aliphatic carbocycles. The van der Waals surface area contributed by atoms with E-state index in [1.165, 1.54) is 5.56 Å². The van der Waals surface area contributed by atoms with Crippen LogP contribution in [0.5, 0.6) is 0 Å². The Morgan fingerprint density at radius 2 is 1.56 bits per heavy atom. The molecule has 2 aromatic carbocycles. The van der Waals surface area contributed by atoms with Crippen molar-refractivity contribution < 1.29 is 17.1 Å². The van der Waals surface area contributed by atoms with Gasteiger partial charge in [-0.2, -0.15) is 35.9 Å². The van der Waals surface area contributed by atoms with E-state index in [1.807, 2.05) is 30.3 Å². The Bertz CT molecular complexity index is 375. The van der Waals surface area contributed by atoms with Gasteiger partial charge in [0, 0.05) is 0 Å². The third kappa shape index (κ3) is 6.44. The van der Waals surface area contributed by atoms with Crippen molar-refractivity contribution in [2.45, 2.75) is 19.8 Å². The van der Waals surface area contributed by atoms with E-state index < -0.39 is 0 Å². The van der Waals surface area contributed by atoms with E-state index in [9.17, 15) is 0 Å². The van der Waals surface area contributed by atoms with Gasteiger partial charge in [-0.1, -0.05) is 24.3 Å². The summed E-state index contributed by atoms with van der Waals surface area (Å²) in [5.41, 5.74) is 1.37. The molecular formula is C17H20Fe. The summed E-state index contributed by atoms with van der Waals surface area (Å²) in [6.07, 6.45) is 8.60. The summed E-state index contributed by atoms with van der Waals surface area (Å²) in [5.74, 6) is 0.454. The number of hydrogen-bond acceptors (Lipinski definition) is 0. The third-order valence-corrected chi connectivity index (χ3v) is 2.43. The Labute approximate surface area is 121 Å². The monoisotopic (exact) mass is 280 g/mol. The second-order valence-electron chi connectivity index (χ2n) is 3.76. The van der Waals surface area contributed by atoms with Gasteiger partial charge >= 0.3 is 17.1 Å². The molecule has 0 fully saturated rings. The number of hydrogen-bond donors (Lipinski definition) is 0. The fourth-order valence-corrected chi connectivity index (χ4v) is 1.63. The summed E-state index contributed by atoms with van der Waals surface area (Å²) in [6.45, 7) is 4.11. The second kappa shape index (κ2) is 10.8. The van der Waals surface area contributed by atoms with Gasteiger partial charge in [0.25, 0.3) is 0 Å². The van der Waals surface area contributed by atoms with E-state index in [1.54, 1.807) is 0 Å². The number of rotatable bonds is 3.